The summed E-state index contributed by atoms with van der Waals surface area (Å²) in [5.74, 6) is 0.0248. The number of ketones is 1. The molecule has 0 fully saturated rings. The number of carbonyl (C=O) groups is 2. The van der Waals surface area contributed by atoms with Gasteiger partial charge in [0.1, 0.15) is 10.2 Å². The van der Waals surface area contributed by atoms with Crippen molar-refractivity contribution in [3.63, 3.8) is 0 Å². The highest BCUT2D eigenvalue weighted by atomic mass is 32.2. The number of amides is 1. The van der Waals surface area contributed by atoms with Gasteiger partial charge in [-0.2, -0.15) is 0 Å². The molecule has 6 heteroatoms. The van der Waals surface area contributed by atoms with Crippen LogP contribution in [0.1, 0.15) is 32.8 Å². The van der Waals surface area contributed by atoms with Crippen LogP contribution in [-0.2, 0) is 16.0 Å². The first kappa shape index (κ1) is 20.9. The molecule has 4 nitrogen and oxygen atoms in total. The van der Waals surface area contributed by atoms with Crippen molar-refractivity contribution in [3.05, 3.63) is 35.9 Å². The summed E-state index contributed by atoms with van der Waals surface area (Å²) in [7, 11) is 0. The molecule has 0 radical (unpaired) electrons. The Morgan fingerprint density at radius 1 is 1.12 bits per heavy atom. The minimum atomic E-state index is -0.588. The predicted molar refractivity (Wildman–Crippen MR) is 104 cm³/mol. The third-order valence-electron chi connectivity index (χ3n) is 3.26. The molecule has 0 aliphatic carbocycles. The lowest BCUT2D eigenvalue weighted by atomic mass is 10.0. The highest BCUT2D eigenvalue weighted by Crippen LogP contribution is 2.22. The Bertz CT molecular complexity index is 525. The van der Waals surface area contributed by atoms with E-state index < -0.39 is 17.7 Å². The van der Waals surface area contributed by atoms with Gasteiger partial charge in [-0.3, -0.25) is 4.79 Å². The standard InChI is InChI=1S/C18H27NO3S2/c1-18(2,3)22-17(21)19-14(15(20)16(23-4)24-5)12-11-13-9-7-6-8-10-13/h6-10,14,16H,11-12H2,1-5H3,(H,19,21)/t14-/m0/s1. The van der Waals surface area contributed by atoms with Crippen LogP contribution in [0.3, 0.4) is 0 Å². The van der Waals surface area contributed by atoms with E-state index in [-0.39, 0.29) is 10.4 Å². The fourth-order valence-electron chi connectivity index (χ4n) is 2.18. The van der Waals surface area contributed by atoms with Crippen LogP contribution in [0, 0.1) is 0 Å². The van der Waals surface area contributed by atoms with E-state index in [4.69, 9.17) is 4.74 Å². The van der Waals surface area contributed by atoms with E-state index in [0.29, 0.717) is 6.42 Å². The summed E-state index contributed by atoms with van der Waals surface area (Å²) in [5, 5.41) is 2.76. The predicted octanol–water partition coefficient (Wildman–Crippen LogP) is 4.13. The topological polar surface area (TPSA) is 55.4 Å². The summed E-state index contributed by atoms with van der Waals surface area (Å²) < 4.78 is 5.11. The molecule has 1 rings (SSSR count). The second-order valence-corrected chi connectivity index (χ2v) is 8.61. The molecule has 0 unspecified atom stereocenters. The van der Waals surface area contributed by atoms with Gasteiger partial charge < -0.3 is 10.1 Å². The van der Waals surface area contributed by atoms with Gasteiger partial charge in [0.25, 0.3) is 0 Å². The van der Waals surface area contributed by atoms with E-state index in [1.807, 2.05) is 42.8 Å². The van der Waals surface area contributed by atoms with Crippen LogP contribution >= 0.6 is 23.5 Å². The maximum absolute atomic E-state index is 12.7. The molecule has 1 N–H and O–H groups in total. The first-order valence-electron chi connectivity index (χ1n) is 7.89. The minimum Gasteiger partial charge on any atom is -0.444 e. The highest BCUT2D eigenvalue weighted by molar-refractivity contribution is 8.17. The second-order valence-electron chi connectivity index (χ2n) is 6.43. The van der Waals surface area contributed by atoms with Gasteiger partial charge in [-0.15, -0.1) is 23.5 Å². The lowest BCUT2D eigenvalue weighted by Gasteiger charge is -2.24. The number of nitrogens with one attached hydrogen (secondary N) is 1. The fraction of sp³-hybridized carbons (Fsp3) is 0.556. The number of aryl methyl sites for hydroxylation is 1. The van der Waals surface area contributed by atoms with Gasteiger partial charge in [0, 0.05) is 0 Å². The largest absolute Gasteiger partial charge is 0.444 e. The number of carbonyl (C=O) groups excluding carboxylic acids is 2. The molecule has 0 aliphatic rings. The van der Waals surface area contributed by atoms with Crippen LogP contribution in [0.2, 0.25) is 0 Å². The zero-order chi connectivity index (χ0) is 18.2. The molecule has 0 spiro atoms. The number of rotatable bonds is 8. The van der Waals surface area contributed by atoms with Crippen LogP contribution in [0.15, 0.2) is 30.3 Å². The normalized spacial score (nSPS) is 12.8. The van der Waals surface area contributed by atoms with Gasteiger partial charge in [0.05, 0.1) is 6.04 Å². The monoisotopic (exact) mass is 369 g/mol. The van der Waals surface area contributed by atoms with Gasteiger partial charge in [-0.05, 0) is 51.7 Å². The number of alkyl carbamates (subject to hydrolysis) is 1. The molecule has 1 aromatic rings. The molecule has 0 aromatic heterocycles. The molecule has 24 heavy (non-hydrogen) atoms. The molecule has 1 atom stereocenters. The Hall–Kier alpha value is -1.14. The molecular weight excluding hydrogens is 342 g/mol. The maximum Gasteiger partial charge on any atom is 0.408 e. The average Bonchev–Trinajstić information content (AvgIpc) is 2.51. The number of thioether (sulfide) groups is 2. The van der Waals surface area contributed by atoms with Gasteiger partial charge in [-0.25, -0.2) is 4.79 Å². The molecule has 0 saturated carbocycles. The van der Waals surface area contributed by atoms with Crippen molar-refractivity contribution < 1.29 is 14.3 Å². The average molecular weight is 370 g/mol. The van der Waals surface area contributed by atoms with Crippen LogP contribution in [-0.4, -0.2) is 40.6 Å². The maximum atomic E-state index is 12.7. The molecule has 1 amide bonds. The number of Topliss-reactive ketones (excluding diaryl/α,β-unsaturated/α-hetero) is 1. The van der Waals surface area contributed by atoms with Crippen LogP contribution in [0.5, 0.6) is 0 Å². The zero-order valence-electron chi connectivity index (χ0n) is 15.0. The first-order valence-corrected chi connectivity index (χ1v) is 10.5. The Morgan fingerprint density at radius 2 is 1.71 bits per heavy atom. The Kier molecular flexibility index (Phi) is 8.70. The molecule has 0 heterocycles. The molecular formula is C18H27NO3S2. The quantitative estimate of drug-likeness (QED) is 0.698. The van der Waals surface area contributed by atoms with Crippen LogP contribution in [0.25, 0.3) is 0 Å². The Labute approximate surface area is 153 Å². The number of ether oxygens (including phenoxy) is 1. The third kappa shape index (κ3) is 7.62. The molecule has 1 aromatic carbocycles. The highest BCUT2D eigenvalue weighted by Gasteiger charge is 2.28. The van der Waals surface area contributed by atoms with E-state index in [1.54, 1.807) is 20.8 Å². The summed E-state index contributed by atoms with van der Waals surface area (Å²) in [5.41, 5.74) is 0.557. The van der Waals surface area contributed by atoms with Crippen molar-refractivity contribution in [1.29, 1.82) is 0 Å². The summed E-state index contributed by atoms with van der Waals surface area (Å²) in [6.45, 7) is 5.42. The summed E-state index contributed by atoms with van der Waals surface area (Å²) in [6, 6.07) is 9.40. The summed E-state index contributed by atoms with van der Waals surface area (Å²) >= 11 is 2.98. The third-order valence-corrected chi connectivity index (χ3v) is 5.74. The van der Waals surface area contributed by atoms with Crippen molar-refractivity contribution in [1.82, 2.24) is 5.32 Å². The van der Waals surface area contributed by atoms with Crippen molar-refractivity contribution in [2.24, 2.45) is 0 Å². The van der Waals surface area contributed by atoms with E-state index in [9.17, 15) is 9.59 Å². The lowest BCUT2D eigenvalue weighted by molar-refractivity contribution is -0.119. The fourth-order valence-corrected chi connectivity index (χ4v) is 3.75. The zero-order valence-corrected chi connectivity index (χ0v) is 16.6. The smallest absolute Gasteiger partial charge is 0.408 e. The summed E-state index contributed by atoms with van der Waals surface area (Å²) in [4.78, 5) is 24.8. The summed E-state index contributed by atoms with van der Waals surface area (Å²) in [6.07, 6.45) is 4.54. The molecule has 134 valence electrons. The van der Waals surface area contributed by atoms with Crippen molar-refractivity contribution in [2.45, 2.75) is 49.8 Å². The number of hydrogen-bond acceptors (Lipinski definition) is 5. The number of hydrogen-bond donors (Lipinski definition) is 1. The Morgan fingerprint density at radius 3 is 2.21 bits per heavy atom. The van der Waals surface area contributed by atoms with E-state index >= 15 is 0 Å². The van der Waals surface area contributed by atoms with Gasteiger partial charge >= 0.3 is 6.09 Å². The van der Waals surface area contributed by atoms with E-state index in [1.165, 1.54) is 23.5 Å². The van der Waals surface area contributed by atoms with Crippen LogP contribution in [0.4, 0.5) is 4.79 Å². The van der Waals surface area contributed by atoms with E-state index in [2.05, 4.69) is 5.32 Å². The van der Waals surface area contributed by atoms with Crippen molar-refractivity contribution in [2.75, 3.05) is 12.5 Å². The van der Waals surface area contributed by atoms with Crippen LogP contribution < -0.4 is 5.32 Å². The first-order chi connectivity index (χ1) is 11.3. The van der Waals surface area contributed by atoms with Gasteiger partial charge in [-0.1, -0.05) is 30.3 Å². The van der Waals surface area contributed by atoms with E-state index in [0.717, 1.165) is 12.0 Å². The molecule has 0 aliphatic heterocycles. The lowest BCUT2D eigenvalue weighted by Crippen LogP contribution is -2.46. The molecule has 0 bridgehead atoms. The Balaban J connectivity index is 2.78. The second kappa shape index (κ2) is 9.99. The van der Waals surface area contributed by atoms with Gasteiger partial charge in [0.15, 0.2) is 5.78 Å². The van der Waals surface area contributed by atoms with Crippen molar-refractivity contribution in [3.8, 4) is 0 Å². The van der Waals surface area contributed by atoms with Crippen molar-refractivity contribution >= 4 is 35.4 Å². The van der Waals surface area contributed by atoms with Gasteiger partial charge in [0.2, 0.25) is 0 Å². The number of benzene rings is 1. The molecule has 0 saturated heterocycles. The minimum absolute atomic E-state index is 0.0248. The SMILES string of the molecule is CSC(SC)C(=O)[C@H](CCc1ccccc1)NC(=O)OC(C)(C)C.